The predicted octanol–water partition coefficient (Wildman–Crippen LogP) is 3.84. The third-order valence-electron chi connectivity index (χ3n) is 3.65. The number of carbonyl (C=O) groups excluding carboxylic acids is 2. The van der Waals surface area contributed by atoms with Crippen LogP contribution in [0.5, 0.6) is 0 Å². The monoisotopic (exact) mass is 389 g/mol. The second-order valence-corrected chi connectivity index (χ2v) is 8.10. The van der Waals surface area contributed by atoms with Gasteiger partial charge in [0.15, 0.2) is 4.34 Å². The summed E-state index contributed by atoms with van der Waals surface area (Å²) >= 11 is 3.30. The number of furan rings is 1. The number of aryl methyl sites for hydroxylation is 2. The number of thioether (sulfide) groups is 1. The Bertz CT molecular complexity index is 900. The molecule has 2 heterocycles. The van der Waals surface area contributed by atoms with E-state index in [9.17, 15) is 9.59 Å². The highest BCUT2D eigenvalue weighted by atomic mass is 32.2. The molecule has 1 aromatic carbocycles. The second-order valence-electron chi connectivity index (χ2n) is 5.73. The second kappa shape index (κ2) is 8.37. The molecule has 0 saturated carbocycles. The van der Waals surface area contributed by atoms with Crippen LogP contribution in [0.1, 0.15) is 34.7 Å². The molecule has 0 bridgehead atoms. The van der Waals surface area contributed by atoms with Gasteiger partial charge >= 0.3 is 0 Å². The molecule has 0 aliphatic carbocycles. The van der Waals surface area contributed by atoms with Crippen LogP contribution in [0.4, 0.5) is 0 Å². The summed E-state index contributed by atoms with van der Waals surface area (Å²) in [7, 11) is 0. The van der Waals surface area contributed by atoms with E-state index in [2.05, 4.69) is 21.9 Å². The highest BCUT2D eigenvalue weighted by Gasteiger charge is 2.14. The summed E-state index contributed by atoms with van der Waals surface area (Å²) in [6.07, 6.45) is 1.04. The number of hydrogen-bond acceptors (Lipinski definition) is 6. The van der Waals surface area contributed by atoms with Crippen LogP contribution in [0.2, 0.25) is 0 Å². The van der Waals surface area contributed by atoms with Crippen molar-refractivity contribution in [3.05, 3.63) is 47.4 Å². The predicted molar refractivity (Wildman–Crippen MR) is 103 cm³/mol. The van der Waals surface area contributed by atoms with Crippen molar-refractivity contribution in [2.75, 3.05) is 5.75 Å². The number of nitrogens with zero attached hydrogens (tertiary/aromatic N) is 1. The number of nitrogens with one attached hydrogen (secondary N) is 2. The number of hydrazine groups is 1. The molecule has 6 nitrogen and oxygen atoms in total. The van der Waals surface area contributed by atoms with E-state index in [1.807, 2.05) is 18.2 Å². The van der Waals surface area contributed by atoms with Crippen molar-refractivity contribution < 1.29 is 14.0 Å². The fraction of sp³-hybridized carbons (Fsp3) is 0.278. The summed E-state index contributed by atoms with van der Waals surface area (Å²) in [6.45, 7) is 3.48. The van der Waals surface area contributed by atoms with Crippen molar-refractivity contribution >= 4 is 45.1 Å². The summed E-state index contributed by atoms with van der Waals surface area (Å²) in [5.41, 5.74) is 6.28. The fourth-order valence-corrected chi connectivity index (χ4v) is 4.50. The third-order valence-corrected chi connectivity index (χ3v) is 5.91. The largest absolute Gasteiger partial charge is 0.466 e. The first kappa shape index (κ1) is 18.5. The summed E-state index contributed by atoms with van der Waals surface area (Å²) < 4.78 is 7.48. The van der Waals surface area contributed by atoms with Gasteiger partial charge in [0.1, 0.15) is 11.5 Å². The molecule has 0 radical (unpaired) electrons. The van der Waals surface area contributed by atoms with E-state index in [1.54, 1.807) is 43.0 Å². The Balaban J connectivity index is 1.37. The van der Waals surface area contributed by atoms with Gasteiger partial charge in [0.05, 0.1) is 15.8 Å². The van der Waals surface area contributed by atoms with Crippen LogP contribution in [0, 0.1) is 13.8 Å². The van der Waals surface area contributed by atoms with Gasteiger partial charge in [0.2, 0.25) is 5.91 Å². The fourth-order valence-electron chi connectivity index (χ4n) is 2.42. The van der Waals surface area contributed by atoms with Crippen LogP contribution in [0.3, 0.4) is 0 Å². The van der Waals surface area contributed by atoms with E-state index >= 15 is 0 Å². The SMILES string of the molecule is Cc1cc(C(=O)NNC(=O)CCCSc2nc3ccccc3s2)c(C)o1. The first-order valence-corrected chi connectivity index (χ1v) is 9.98. The zero-order chi connectivity index (χ0) is 18.5. The Kier molecular flexibility index (Phi) is 5.95. The zero-order valence-corrected chi connectivity index (χ0v) is 16.1. The molecule has 2 N–H and O–H groups in total. The van der Waals surface area contributed by atoms with Crippen LogP contribution in [-0.2, 0) is 4.79 Å². The minimum atomic E-state index is -0.378. The number of fused-ring (bicyclic) bond motifs is 1. The van der Waals surface area contributed by atoms with Gasteiger partial charge in [-0.2, -0.15) is 0 Å². The molecule has 0 saturated heterocycles. The van der Waals surface area contributed by atoms with Crippen LogP contribution in [0.25, 0.3) is 10.2 Å². The maximum Gasteiger partial charge on any atom is 0.273 e. The first-order chi connectivity index (χ1) is 12.5. The molecule has 2 aromatic heterocycles. The number of rotatable bonds is 6. The van der Waals surface area contributed by atoms with Gasteiger partial charge in [-0.1, -0.05) is 23.9 Å². The van der Waals surface area contributed by atoms with Crippen molar-refractivity contribution in [2.45, 2.75) is 31.0 Å². The quantitative estimate of drug-likeness (QED) is 0.380. The first-order valence-electron chi connectivity index (χ1n) is 8.17. The molecule has 8 heteroatoms. The molecule has 136 valence electrons. The maximum absolute atomic E-state index is 12.0. The zero-order valence-electron chi connectivity index (χ0n) is 14.5. The van der Waals surface area contributed by atoms with E-state index in [1.165, 1.54) is 4.70 Å². The van der Waals surface area contributed by atoms with Gasteiger partial charge in [-0.3, -0.25) is 20.4 Å². The van der Waals surface area contributed by atoms with E-state index in [0.717, 1.165) is 15.6 Å². The number of aromatic nitrogens is 1. The molecular formula is C18H19N3O3S2. The maximum atomic E-state index is 12.0. The topological polar surface area (TPSA) is 84.2 Å². The molecule has 0 unspecified atom stereocenters. The van der Waals surface area contributed by atoms with Crippen LogP contribution >= 0.6 is 23.1 Å². The minimum absolute atomic E-state index is 0.221. The molecule has 3 aromatic rings. The van der Waals surface area contributed by atoms with Crippen molar-refractivity contribution in [1.82, 2.24) is 15.8 Å². The van der Waals surface area contributed by atoms with Crippen LogP contribution < -0.4 is 10.9 Å². The van der Waals surface area contributed by atoms with E-state index in [4.69, 9.17) is 4.42 Å². The van der Waals surface area contributed by atoms with Gasteiger partial charge in [-0.15, -0.1) is 11.3 Å². The Labute approximate surface area is 159 Å². The van der Waals surface area contributed by atoms with Gasteiger partial charge in [-0.05, 0) is 38.5 Å². The van der Waals surface area contributed by atoms with Crippen molar-refractivity contribution in [3.63, 3.8) is 0 Å². The molecule has 26 heavy (non-hydrogen) atoms. The average Bonchev–Trinajstić information content (AvgIpc) is 3.18. The molecule has 2 amide bonds. The molecule has 3 rings (SSSR count). The van der Waals surface area contributed by atoms with Crippen molar-refractivity contribution in [1.29, 1.82) is 0 Å². The highest BCUT2D eigenvalue weighted by molar-refractivity contribution is 8.01. The number of thiazole rings is 1. The van der Waals surface area contributed by atoms with Gasteiger partial charge in [0.25, 0.3) is 5.91 Å². The summed E-state index contributed by atoms with van der Waals surface area (Å²) in [5.74, 6) is 1.38. The number of carbonyl (C=O) groups is 2. The van der Waals surface area contributed by atoms with Crippen LogP contribution in [0.15, 0.2) is 39.1 Å². The molecule has 0 spiro atoms. The summed E-state index contributed by atoms with van der Waals surface area (Å²) in [5, 5.41) is 0. The lowest BCUT2D eigenvalue weighted by Gasteiger charge is -2.06. The Hall–Kier alpha value is -2.32. The lowest BCUT2D eigenvalue weighted by Crippen LogP contribution is -2.41. The lowest BCUT2D eigenvalue weighted by molar-refractivity contribution is -0.121. The van der Waals surface area contributed by atoms with E-state index < -0.39 is 0 Å². The van der Waals surface area contributed by atoms with E-state index in [-0.39, 0.29) is 11.8 Å². The summed E-state index contributed by atoms with van der Waals surface area (Å²) in [4.78, 5) is 28.4. The Morgan fingerprint density at radius 1 is 1.23 bits per heavy atom. The average molecular weight is 390 g/mol. The van der Waals surface area contributed by atoms with Gasteiger partial charge < -0.3 is 4.42 Å². The van der Waals surface area contributed by atoms with Crippen LogP contribution in [-0.4, -0.2) is 22.6 Å². The number of benzene rings is 1. The smallest absolute Gasteiger partial charge is 0.273 e. The Morgan fingerprint density at radius 3 is 2.77 bits per heavy atom. The normalized spacial score (nSPS) is 10.8. The number of para-hydroxylation sites is 1. The molecule has 0 atom stereocenters. The molecule has 0 aliphatic heterocycles. The third kappa shape index (κ3) is 4.64. The molecular weight excluding hydrogens is 370 g/mol. The summed E-state index contributed by atoms with van der Waals surface area (Å²) in [6, 6.07) is 9.67. The Morgan fingerprint density at radius 2 is 2.04 bits per heavy atom. The van der Waals surface area contributed by atoms with Gasteiger partial charge in [-0.25, -0.2) is 4.98 Å². The number of hydrogen-bond donors (Lipinski definition) is 2. The van der Waals surface area contributed by atoms with E-state index in [0.29, 0.717) is 29.9 Å². The minimum Gasteiger partial charge on any atom is -0.466 e. The highest BCUT2D eigenvalue weighted by Crippen LogP contribution is 2.29. The standard InChI is InChI=1S/C18H19N3O3S2/c1-11-10-13(12(2)24-11)17(23)21-20-16(22)8-5-9-25-18-19-14-6-3-4-7-15(14)26-18/h3-4,6-7,10H,5,8-9H2,1-2H3,(H,20,22)(H,21,23). The van der Waals surface area contributed by atoms with Crippen molar-refractivity contribution in [3.8, 4) is 0 Å². The molecule has 0 aliphatic rings. The van der Waals surface area contributed by atoms with Gasteiger partial charge in [0, 0.05) is 12.2 Å². The lowest BCUT2D eigenvalue weighted by atomic mass is 10.2. The van der Waals surface area contributed by atoms with Crippen molar-refractivity contribution in [2.24, 2.45) is 0 Å². The number of amides is 2. The molecule has 0 fully saturated rings.